The maximum Gasteiger partial charge on any atom is 0.373 e. The number of carboxylic acid groups (broad SMARTS) is 1. The molecule has 402 valence electrons. The van der Waals surface area contributed by atoms with Crippen molar-refractivity contribution in [1.29, 1.82) is 0 Å². The number of carbonyl (C=O) groups excluding carboxylic acids is 2. The smallest absolute Gasteiger partial charge is 0.373 e. The van der Waals surface area contributed by atoms with E-state index >= 15 is 0 Å². The summed E-state index contributed by atoms with van der Waals surface area (Å²) in [5.74, 6) is 1.60. The molecule has 2 aromatic carbocycles. The standard InChI is InChI=1S/C23H22N6O.C18H17BrN4O.C11H14N4.C5H3BrN2O2/c1-16-7-10-28-12-9-24-22(20(16)28)29-11-8-19(15-29)27-23(30)21-25-13-18(14-26-21)17-5-3-2-4-6-17;19-14-5-3-13(4-6-14)18(24)21-15-7-10-23(12-15)17-16-2-1-9-22(16)11-8-20-17;12-9-3-6-15(8-9)11-10-2-1-5-14(10)7-4-13-11;6-3-1-7-4(5(9)10)8-2-3/h2-7,9-10,12-14,19H,8,11,15H2,1H3,(H,27,30);1-6,8-9,11,15H,7,10,12H2,(H,21,24);1-2,4-5,7,9H,3,6,8,12H2;1-2H,(H,9,10)/t19-;15-;9-;/m000./s1. The number of fused-ring (bicyclic) bond motifs is 3. The first-order valence-corrected chi connectivity index (χ1v) is 27.2. The predicted octanol–water partition coefficient (Wildman–Crippen LogP) is 8.02. The Morgan fingerprint density at radius 3 is 1.65 bits per heavy atom. The molecule has 5 N–H and O–H groups in total. The third-order valence-electron chi connectivity index (χ3n) is 13.7. The molecule has 22 heteroatoms. The number of carbonyl (C=O) groups is 3. The number of nitrogens with two attached hydrogens (primary N) is 1. The van der Waals surface area contributed by atoms with Gasteiger partial charge in [0, 0.05) is 154 Å². The van der Waals surface area contributed by atoms with Crippen molar-refractivity contribution < 1.29 is 19.5 Å². The summed E-state index contributed by atoms with van der Waals surface area (Å²) >= 11 is 6.46. The van der Waals surface area contributed by atoms with Crippen molar-refractivity contribution in [2.45, 2.75) is 44.3 Å². The normalized spacial score (nSPS) is 16.7. The zero-order valence-corrected chi connectivity index (χ0v) is 46.2. The Morgan fingerprint density at radius 2 is 1.06 bits per heavy atom. The van der Waals surface area contributed by atoms with Crippen LogP contribution in [0, 0.1) is 6.92 Å². The zero-order valence-electron chi connectivity index (χ0n) is 43.0. The van der Waals surface area contributed by atoms with E-state index in [-0.39, 0.29) is 35.5 Å². The maximum absolute atomic E-state index is 12.6. The molecule has 8 aromatic heterocycles. The van der Waals surface area contributed by atoms with E-state index in [1.165, 1.54) is 18.0 Å². The summed E-state index contributed by atoms with van der Waals surface area (Å²) < 4.78 is 7.88. The number of benzene rings is 2. The summed E-state index contributed by atoms with van der Waals surface area (Å²) in [6.45, 7) is 7.24. The molecule has 0 saturated carbocycles. The fraction of sp³-hybridized carbons (Fsp3) is 0.228. The highest BCUT2D eigenvalue weighted by molar-refractivity contribution is 9.10. The fourth-order valence-corrected chi connectivity index (χ4v) is 10.2. The highest BCUT2D eigenvalue weighted by Crippen LogP contribution is 2.28. The number of rotatable bonds is 9. The lowest BCUT2D eigenvalue weighted by atomic mass is 10.1. The molecule has 3 atom stereocenters. The number of amides is 2. The van der Waals surface area contributed by atoms with E-state index < -0.39 is 5.97 Å². The molecular formula is C57H56Br2N16O4. The van der Waals surface area contributed by atoms with Crippen LogP contribution in [-0.2, 0) is 0 Å². The third-order valence-corrected chi connectivity index (χ3v) is 14.6. The monoisotopic (exact) mass is 1190 g/mol. The van der Waals surface area contributed by atoms with Crippen molar-refractivity contribution in [2.75, 3.05) is 54.0 Å². The minimum Gasteiger partial charge on any atom is -0.475 e. The Morgan fingerprint density at radius 1 is 0.532 bits per heavy atom. The molecule has 0 radical (unpaired) electrons. The van der Waals surface area contributed by atoms with Crippen LogP contribution < -0.4 is 31.1 Å². The number of hydrogen-bond acceptors (Lipinski definition) is 14. The highest BCUT2D eigenvalue weighted by atomic mass is 79.9. The average Bonchev–Trinajstić information content (AvgIpc) is 4.43. The van der Waals surface area contributed by atoms with Gasteiger partial charge in [-0.3, -0.25) is 9.59 Å². The van der Waals surface area contributed by atoms with Gasteiger partial charge in [0.2, 0.25) is 11.6 Å². The van der Waals surface area contributed by atoms with E-state index in [9.17, 15) is 14.4 Å². The van der Waals surface area contributed by atoms with Crippen LogP contribution in [0.3, 0.4) is 0 Å². The van der Waals surface area contributed by atoms with Gasteiger partial charge in [-0.2, -0.15) is 0 Å². The summed E-state index contributed by atoms with van der Waals surface area (Å²) in [5.41, 5.74) is 13.1. The number of halogens is 2. The van der Waals surface area contributed by atoms with Crippen molar-refractivity contribution in [1.82, 2.24) is 58.7 Å². The molecule has 13 rings (SSSR count). The second kappa shape index (κ2) is 24.8. The number of aryl methyl sites for hydroxylation is 1. The number of nitrogens with one attached hydrogen (secondary N) is 2. The number of nitrogens with zero attached hydrogens (tertiary/aromatic N) is 13. The SMILES string of the molecule is Cc1ccn2ccnc(N3CC[C@H](NC(=O)c4ncc(-c5ccccc5)cn4)C3)c12.N[C@H]1CCN(c2nccn3cccc23)C1.O=C(N[C@H]1CCN(c2nccn3cccc23)C1)c1ccc(Br)cc1.O=C(O)c1ncc(Br)cn1. The van der Waals surface area contributed by atoms with Gasteiger partial charge >= 0.3 is 5.97 Å². The van der Waals surface area contributed by atoms with E-state index in [1.54, 1.807) is 12.4 Å². The molecule has 0 aliphatic carbocycles. The topological polar surface area (TPSA) is 235 Å². The quantitative estimate of drug-likeness (QED) is 0.107. The fourth-order valence-electron chi connectivity index (χ4n) is 9.72. The van der Waals surface area contributed by atoms with Crippen LogP contribution >= 0.6 is 31.9 Å². The van der Waals surface area contributed by atoms with E-state index in [4.69, 9.17) is 10.8 Å². The van der Waals surface area contributed by atoms with Gasteiger partial charge in [-0.05, 0) is 108 Å². The summed E-state index contributed by atoms with van der Waals surface area (Å²) in [6, 6.07) is 28.1. The van der Waals surface area contributed by atoms with Crippen molar-refractivity contribution >= 4 is 83.6 Å². The Bertz CT molecular complexity index is 3690. The van der Waals surface area contributed by atoms with Crippen LogP contribution in [0.5, 0.6) is 0 Å². The molecule has 3 saturated heterocycles. The van der Waals surface area contributed by atoms with Crippen LogP contribution in [0.15, 0.2) is 174 Å². The molecule has 3 aliphatic heterocycles. The van der Waals surface area contributed by atoms with Gasteiger partial charge in [-0.15, -0.1) is 0 Å². The molecule has 3 fully saturated rings. The number of hydrogen-bond donors (Lipinski definition) is 4. The van der Waals surface area contributed by atoms with E-state index in [2.05, 4.69) is 130 Å². The molecule has 11 heterocycles. The Labute approximate surface area is 471 Å². The second-order valence-electron chi connectivity index (χ2n) is 19.1. The average molecular weight is 1190 g/mol. The molecule has 0 bridgehead atoms. The van der Waals surface area contributed by atoms with Crippen molar-refractivity contribution in [3.8, 4) is 11.1 Å². The summed E-state index contributed by atoms with van der Waals surface area (Å²) in [6.07, 6.45) is 26.4. The number of aromatic carboxylic acids is 1. The van der Waals surface area contributed by atoms with Gasteiger partial charge in [0.25, 0.3) is 11.8 Å². The van der Waals surface area contributed by atoms with Crippen LogP contribution in [0.4, 0.5) is 17.5 Å². The molecule has 0 unspecified atom stereocenters. The van der Waals surface area contributed by atoms with Gasteiger partial charge < -0.3 is 49.4 Å². The van der Waals surface area contributed by atoms with Gasteiger partial charge in [-0.1, -0.05) is 46.3 Å². The minimum absolute atomic E-state index is 0.0248. The maximum atomic E-state index is 12.6. The Hall–Kier alpha value is -8.60. The van der Waals surface area contributed by atoms with Gasteiger partial charge in [-0.25, -0.2) is 39.7 Å². The van der Waals surface area contributed by atoms with Crippen molar-refractivity contribution in [2.24, 2.45) is 5.73 Å². The number of carboxylic acids is 1. The largest absolute Gasteiger partial charge is 0.475 e. The highest BCUT2D eigenvalue weighted by Gasteiger charge is 2.29. The van der Waals surface area contributed by atoms with E-state index in [0.717, 1.165) is 102 Å². The number of aromatic nitrogens is 10. The zero-order chi connectivity index (χ0) is 54.8. The summed E-state index contributed by atoms with van der Waals surface area (Å²) in [5, 5.41) is 14.5. The number of anilines is 3. The summed E-state index contributed by atoms with van der Waals surface area (Å²) in [4.78, 5) is 71.1. The first kappa shape index (κ1) is 53.8. The second-order valence-corrected chi connectivity index (χ2v) is 20.9. The lowest BCUT2D eigenvalue weighted by Gasteiger charge is -2.19. The molecular weight excluding hydrogens is 1130 g/mol. The Balaban J connectivity index is 0.000000128. The predicted molar refractivity (Wildman–Crippen MR) is 310 cm³/mol. The van der Waals surface area contributed by atoms with Crippen LogP contribution in [-0.4, -0.2) is 128 Å². The molecule has 79 heavy (non-hydrogen) atoms. The lowest BCUT2D eigenvalue weighted by Crippen LogP contribution is -2.38. The van der Waals surface area contributed by atoms with E-state index in [0.29, 0.717) is 22.6 Å². The van der Waals surface area contributed by atoms with Crippen LogP contribution in [0.2, 0.25) is 0 Å². The molecule has 10 aromatic rings. The van der Waals surface area contributed by atoms with Crippen LogP contribution in [0.1, 0.15) is 56.4 Å². The van der Waals surface area contributed by atoms with Crippen LogP contribution in [0.25, 0.3) is 27.7 Å². The van der Waals surface area contributed by atoms with Crippen molar-refractivity contribution in [3.63, 3.8) is 0 Å². The first-order chi connectivity index (χ1) is 38.4. The molecule has 0 spiro atoms. The minimum atomic E-state index is -1.12. The van der Waals surface area contributed by atoms with Gasteiger partial charge in [0.05, 0.1) is 21.0 Å². The molecule has 3 aliphatic rings. The molecule has 20 nitrogen and oxygen atoms in total. The van der Waals surface area contributed by atoms with Gasteiger partial charge in [0.1, 0.15) is 0 Å². The van der Waals surface area contributed by atoms with Gasteiger partial charge in [0.15, 0.2) is 17.5 Å². The molecule has 2 amide bonds. The first-order valence-electron chi connectivity index (χ1n) is 25.7. The van der Waals surface area contributed by atoms with E-state index in [1.807, 2.05) is 123 Å². The lowest BCUT2D eigenvalue weighted by molar-refractivity contribution is 0.0682. The summed E-state index contributed by atoms with van der Waals surface area (Å²) in [7, 11) is 0. The Kier molecular flexibility index (Phi) is 16.9. The van der Waals surface area contributed by atoms with Crippen molar-refractivity contribution in [3.05, 3.63) is 197 Å². The third kappa shape index (κ3) is 13.1.